The minimum atomic E-state index is -0.0304. The molecule has 0 fully saturated rings. The molecule has 0 saturated carbocycles. The number of nitrogens with one attached hydrogen (secondary N) is 1. The maximum absolute atomic E-state index is 12.1. The van der Waals surface area contributed by atoms with Crippen LogP contribution in [-0.4, -0.2) is 25.9 Å². The molecule has 0 spiro atoms. The van der Waals surface area contributed by atoms with Gasteiger partial charge < -0.3 is 14.8 Å². The van der Waals surface area contributed by atoms with Crippen LogP contribution in [0.5, 0.6) is 11.5 Å². The van der Waals surface area contributed by atoms with Gasteiger partial charge in [0.25, 0.3) is 0 Å². The fraction of sp³-hybridized carbons (Fsp3) is 0.278. The lowest BCUT2D eigenvalue weighted by Crippen LogP contribution is -2.13. The molecule has 0 saturated heterocycles. The zero-order chi connectivity index (χ0) is 16.5. The summed E-state index contributed by atoms with van der Waals surface area (Å²) in [6, 6.07) is 15.6. The Bertz CT molecular complexity index is 631. The molecule has 0 bridgehead atoms. The summed E-state index contributed by atoms with van der Waals surface area (Å²) >= 11 is 1.75. The van der Waals surface area contributed by atoms with E-state index in [0.717, 1.165) is 11.5 Å². The van der Waals surface area contributed by atoms with Crippen molar-refractivity contribution in [2.24, 2.45) is 0 Å². The van der Waals surface area contributed by atoms with E-state index in [1.807, 2.05) is 18.2 Å². The average molecular weight is 331 g/mol. The van der Waals surface area contributed by atoms with Gasteiger partial charge in [0.2, 0.25) is 5.91 Å². The zero-order valence-electron chi connectivity index (χ0n) is 13.4. The molecular weight excluding hydrogens is 310 g/mol. The topological polar surface area (TPSA) is 47.6 Å². The van der Waals surface area contributed by atoms with E-state index in [1.54, 1.807) is 44.2 Å². The molecule has 0 unspecified atom stereocenters. The Labute approximate surface area is 141 Å². The predicted molar refractivity (Wildman–Crippen MR) is 95.4 cm³/mol. The number of thioether (sulfide) groups is 1. The van der Waals surface area contributed by atoms with Crippen LogP contribution in [0.1, 0.15) is 12.0 Å². The molecule has 1 N–H and O–H groups in total. The van der Waals surface area contributed by atoms with Crippen LogP contribution in [-0.2, 0) is 10.5 Å². The first-order valence-electron chi connectivity index (χ1n) is 7.36. The summed E-state index contributed by atoms with van der Waals surface area (Å²) in [5.74, 6) is 2.96. The number of benzene rings is 2. The molecule has 122 valence electrons. The van der Waals surface area contributed by atoms with Gasteiger partial charge in [-0.15, -0.1) is 0 Å². The maximum atomic E-state index is 12.1. The van der Waals surface area contributed by atoms with Crippen molar-refractivity contribution < 1.29 is 14.3 Å². The van der Waals surface area contributed by atoms with Crippen molar-refractivity contribution in [3.05, 3.63) is 54.1 Å². The Kier molecular flexibility index (Phi) is 6.81. The summed E-state index contributed by atoms with van der Waals surface area (Å²) in [6.07, 6.45) is 0.456. The van der Waals surface area contributed by atoms with Gasteiger partial charge in [-0.1, -0.05) is 30.3 Å². The SMILES string of the molecule is COc1ccc(OC)c(NC(=O)CCSCc2ccccc2)c1. The molecule has 2 aromatic carbocycles. The quantitative estimate of drug-likeness (QED) is 0.744. The summed E-state index contributed by atoms with van der Waals surface area (Å²) < 4.78 is 10.4. The van der Waals surface area contributed by atoms with Crippen molar-refractivity contribution in [2.45, 2.75) is 12.2 Å². The molecular formula is C18H21NO3S. The summed E-state index contributed by atoms with van der Waals surface area (Å²) in [4.78, 5) is 12.1. The van der Waals surface area contributed by atoms with Gasteiger partial charge in [0, 0.05) is 24.0 Å². The van der Waals surface area contributed by atoms with E-state index in [0.29, 0.717) is 23.6 Å². The van der Waals surface area contributed by atoms with E-state index in [2.05, 4.69) is 17.4 Å². The van der Waals surface area contributed by atoms with E-state index >= 15 is 0 Å². The van der Waals surface area contributed by atoms with Crippen LogP contribution < -0.4 is 14.8 Å². The summed E-state index contributed by atoms with van der Waals surface area (Å²) in [6.45, 7) is 0. The molecule has 2 aromatic rings. The van der Waals surface area contributed by atoms with E-state index in [9.17, 15) is 4.79 Å². The highest BCUT2D eigenvalue weighted by Crippen LogP contribution is 2.29. The van der Waals surface area contributed by atoms with Crippen LogP contribution in [0.15, 0.2) is 48.5 Å². The lowest BCUT2D eigenvalue weighted by Gasteiger charge is -2.11. The van der Waals surface area contributed by atoms with E-state index in [1.165, 1.54) is 5.56 Å². The number of carbonyl (C=O) groups excluding carboxylic acids is 1. The first-order chi connectivity index (χ1) is 11.2. The lowest BCUT2D eigenvalue weighted by molar-refractivity contribution is -0.115. The highest BCUT2D eigenvalue weighted by molar-refractivity contribution is 7.98. The molecule has 0 aromatic heterocycles. The van der Waals surface area contributed by atoms with Gasteiger partial charge in [0.05, 0.1) is 19.9 Å². The predicted octanol–water partition coefficient (Wildman–Crippen LogP) is 3.97. The fourth-order valence-electron chi connectivity index (χ4n) is 2.05. The molecule has 0 heterocycles. The Hall–Kier alpha value is -2.14. The van der Waals surface area contributed by atoms with Gasteiger partial charge >= 0.3 is 0 Å². The van der Waals surface area contributed by atoms with Crippen molar-refractivity contribution in [2.75, 3.05) is 25.3 Å². The van der Waals surface area contributed by atoms with E-state index in [-0.39, 0.29) is 5.91 Å². The lowest BCUT2D eigenvalue weighted by atomic mass is 10.2. The van der Waals surface area contributed by atoms with Gasteiger partial charge in [-0.25, -0.2) is 0 Å². The number of carbonyl (C=O) groups is 1. The minimum Gasteiger partial charge on any atom is -0.497 e. The van der Waals surface area contributed by atoms with Gasteiger partial charge in [-0.2, -0.15) is 11.8 Å². The van der Waals surface area contributed by atoms with Crippen molar-refractivity contribution in [1.82, 2.24) is 0 Å². The fourth-order valence-corrected chi connectivity index (χ4v) is 2.96. The van der Waals surface area contributed by atoms with Crippen molar-refractivity contribution in [3.8, 4) is 11.5 Å². The van der Waals surface area contributed by atoms with Crippen LogP contribution in [0.3, 0.4) is 0 Å². The van der Waals surface area contributed by atoms with Crippen LogP contribution in [0.4, 0.5) is 5.69 Å². The third-order valence-electron chi connectivity index (χ3n) is 3.27. The average Bonchev–Trinajstić information content (AvgIpc) is 2.59. The molecule has 2 rings (SSSR count). The molecule has 0 atom stereocenters. The highest BCUT2D eigenvalue weighted by atomic mass is 32.2. The number of anilines is 1. The Morgan fingerprint density at radius 1 is 1.09 bits per heavy atom. The van der Waals surface area contributed by atoms with Gasteiger partial charge in [0.1, 0.15) is 11.5 Å². The third-order valence-corrected chi connectivity index (χ3v) is 4.30. The normalized spacial score (nSPS) is 10.2. The maximum Gasteiger partial charge on any atom is 0.225 e. The Morgan fingerprint density at radius 2 is 1.87 bits per heavy atom. The largest absolute Gasteiger partial charge is 0.497 e. The van der Waals surface area contributed by atoms with Gasteiger partial charge in [0.15, 0.2) is 0 Å². The highest BCUT2D eigenvalue weighted by Gasteiger charge is 2.09. The van der Waals surface area contributed by atoms with Crippen LogP contribution in [0.2, 0.25) is 0 Å². The van der Waals surface area contributed by atoms with Gasteiger partial charge in [-0.05, 0) is 17.7 Å². The van der Waals surface area contributed by atoms with Gasteiger partial charge in [-0.3, -0.25) is 4.79 Å². The van der Waals surface area contributed by atoms with E-state index < -0.39 is 0 Å². The smallest absolute Gasteiger partial charge is 0.225 e. The zero-order valence-corrected chi connectivity index (χ0v) is 14.2. The van der Waals surface area contributed by atoms with Crippen molar-refractivity contribution in [1.29, 1.82) is 0 Å². The number of amides is 1. The molecule has 0 aliphatic heterocycles. The standard InChI is InChI=1S/C18H21NO3S/c1-21-15-8-9-17(22-2)16(12-15)19-18(20)10-11-23-13-14-6-4-3-5-7-14/h3-9,12H,10-11,13H2,1-2H3,(H,19,20). The molecule has 5 heteroatoms. The molecule has 4 nitrogen and oxygen atoms in total. The van der Waals surface area contributed by atoms with Crippen LogP contribution in [0.25, 0.3) is 0 Å². The van der Waals surface area contributed by atoms with E-state index in [4.69, 9.17) is 9.47 Å². The first kappa shape index (κ1) is 17.2. The molecule has 0 radical (unpaired) electrons. The summed E-state index contributed by atoms with van der Waals surface area (Å²) in [5.41, 5.74) is 1.90. The molecule has 1 amide bonds. The monoisotopic (exact) mass is 331 g/mol. The van der Waals surface area contributed by atoms with Crippen molar-refractivity contribution in [3.63, 3.8) is 0 Å². The number of hydrogen-bond acceptors (Lipinski definition) is 4. The number of ether oxygens (including phenoxy) is 2. The van der Waals surface area contributed by atoms with Crippen LogP contribution in [0, 0.1) is 0 Å². The Balaban J connectivity index is 1.80. The number of rotatable bonds is 8. The third kappa shape index (κ3) is 5.53. The summed E-state index contributed by atoms with van der Waals surface area (Å²) in [7, 11) is 3.17. The number of methoxy groups -OCH3 is 2. The van der Waals surface area contributed by atoms with Crippen LogP contribution >= 0.6 is 11.8 Å². The summed E-state index contributed by atoms with van der Waals surface area (Å²) in [5, 5.41) is 2.88. The molecule has 23 heavy (non-hydrogen) atoms. The molecule has 0 aliphatic carbocycles. The minimum absolute atomic E-state index is 0.0304. The molecule has 0 aliphatic rings. The second-order valence-electron chi connectivity index (χ2n) is 4.90. The second-order valence-corrected chi connectivity index (χ2v) is 6.01. The van der Waals surface area contributed by atoms with Crippen molar-refractivity contribution >= 4 is 23.4 Å². The second kappa shape index (κ2) is 9.10. The Morgan fingerprint density at radius 3 is 2.57 bits per heavy atom. The first-order valence-corrected chi connectivity index (χ1v) is 8.52. The number of hydrogen-bond donors (Lipinski definition) is 1.